The van der Waals surface area contributed by atoms with Crippen LogP contribution in [-0.2, 0) is 14.3 Å². The van der Waals surface area contributed by atoms with Gasteiger partial charge in [-0.1, -0.05) is 20.8 Å². The summed E-state index contributed by atoms with van der Waals surface area (Å²) >= 11 is 0. The monoisotopic (exact) mass is 296 g/mol. The van der Waals surface area contributed by atoms with Crippen molar-refractivity contribution in [2.45, 2.75) is 65.0 Å². The first-order chi connectivity index (χ1) is 10.0. The molecule has 0 aromatic carbocycles. The number of carbonyl (C=O) groups excluding carboxylic acids is 2. The smallest absolute Gasteiger partial charge is 0.247 e. The first kappa shape index (κ1) is 16.4. The summed E-state index contributed by atoms with van der Waals surface area (Å²) < 4.78 is 5.40. The average molecular weight is 296 g/mol. The van der Waals surface area contributed by atoms with E-state index in [0.29, 0.717) is 6.42 Å². The molecule has 0 aliphatic carbocycles. The van der Waals surface area contributed by atoms with E-state index in [9.17, 15) is 9.59 Å². The summed E-state index contributed by atoms with van der Waals surface area (Å²) in [6, 6.07) is -0.284. The van der Waals surface area contributed by atoms with Gasteiger partial charge in [0.2, 0.25) is 11.8 Å². The van der Waals surface area contributed by atoms with Crippen molar-refractivity contribution in [3.8, 4) is 0 Å². The topological polar surface area (TPSA) is 58.6 Å². The van der Waals surface area contributed by atoms with Gasteiger partial charge in [0, 0.05) is 25.8 Å². The third-order valence-electron chi connectivity index (χ3n) is 4.97. The van der Waals surface area contributed by atoms with Crippen LogP contribution in [0.5, 0.6) is 0 Å². The molecule has 2 saturated heterocycles. The van der Waals surface area contributed by atoms with E-state index < -0.39 is 0 Å². The van der Waals surface area contributed by atoms with Crippen molar-refractivity contribution < 1.29 is 14.3 Å². The zero-order valence-electron chi connectivity index (χ0n) is 13.5. The minimum absolute atomic E-state index is 0.0247. The molecule has 2 aliphatic heterocycles. The fraction of sp³-hybridized carbons (Fsp3) is 0.875. The normalized spacial score (nSPS) is 25.9. The Morgan fingerprint density at radius 2 is 1.90 bits per heavy atom. The molecule has 21 heavy (non-hydrogen) atoms. The van der Waals surface area contributed by atoms with Crippen LogP contribution in [0.2, 0.25) is 0 Å². The molecular weight excluding hydrogens is 268 g/mol. The summed E-state index contributed by atoms with van der Waals surface area (Å²) in [5.41, 5.74) is 0.171. The van der Waals surface area contributed by atoms with Gasteiger partial charge in [-0.3, -0.25) is 14.5 Å². The van der Waals surface area contributed by atoms with Crippen LogP contribution in [0.25, 0.3) is 0 Å². The molecule has 2 amide bonds. The molecule has 1 atom stereocenters. The maximum absolute atomic E-state index is 12.5. The van der Waals surface area contributed by atoms with Gasteiger partial charge in [0.25, 0.3) is 0 Å². The number of likely N-dealkylation sites (tertiary alicyclic amines) is 1. The van der Waals surface area contributed by atoms with Crippen LogP contribution >= 0.6 is 0 Å². The summed E-state index contributed by atoms with van der Waals surface area (Å²) in [7, 11) is 0. The number of nitrogens with one attached hydrogen (secondary N) is 1. The highest BCUT2D eigenvalue weighted by Gasteiger charge is 2.42. The van der Waals surface area contributed by atoms with Gasteiger partial charge in [-0.05, 0) is 31.1 Å². The van der Waals surface area contributed by atoms with Crippen molar-refractivity contribution in [1.29, 1.82) is 0 Å². The molecule has 0 saturated carbocycles. The molecule has 2 fully saturated rings. The van der Waals surface area contributed by atoms with E-state index in [2.05, 4.69) is 12.2 Å². The lowest BCUT2D eigenvalue weighted by Gasteiger charge is -2.34. The predicted octanol–water partition coefficient (Wildman–Crippen LogP) is 1.71. The van der Waals surface area contributed by atoms with E-state index in [1.165, 1.54) is 4.90 Å². The Morgan fingerprint density at radius 3 is 2.48 bits per heavy atom. The first-order valence-electron chi connectivity index (χ1n) is 8.18. The van der Waals surface area contributed by atoms with Crippen molar-refractivity contribution >= 4 is 11.8 Å². The molecule has 0 spiro atoms. The van der Waals surface area contributed by atoms with E-state index in [-0.39, 0.29) is 29.3 Å². The molecule has 5 nitrogen and oxygen atoms in total. The second-order valence-corrected chi connectivity index (χ2v) is 6.63. The van der Waals surface area contributed by atoms with E-state index in [0.717, 1.165) is 45.4 Å². The van der Waals surface area contributed by atoms with Gasteiger partial charge in [0.1, 0.15) is 0 Å². The summed E-state index contributed by atoms with van der Waals surface area (Å²) in [6.45, 7) is 8.63. The third kappa shape index (κ3) is 3.64. The zero-order valence-corrected chi connectivity index (χ0v) is 13.5. The van der Waals surface area contributed by atoms with Gasteiger partial charge in [-0.2, -0.15) is 0 Å². The van der Waals surface area contributed by atoms with E-state index >= 15 is 0 Å². The Morgan fingerprint density at radius 1 is 1.29 bits per heavy atom. The van der Waals surface area contributed by atoms with Crippen LogP contribution in [0.3, 0.4) is 0 Å². The largest absolute Gasteiger partial charge is 0.381 e. The van der Waals surface area contributed by atoms with Crippen LogP contribution in [0.4, 0.5) is 0 Å². The minimum atomic E-state index is -0.335. The molecule has 0 bridgehead atoms. The molecule has 1 N–H and O–H groups in total. The van der Waals surface area contributed by atoms with Crippen LogP contribution in [-0.4, -0.2) is 48.6 Å². The van der Waals surface area contributed by atoms with Crippen LogP contribution in [0.15, 0.2) is 0 Å². The Hall–Kier alpha value is -0.940. The number of ether oxygens (including phenoxy) is 1. The highest BCUT2D eigenvalue weighted by molar-refractivity contribution is 6.05. The fourth-order valence-electron chi connectivity index (χ4n) is 3.26. The van der Waals surface area contributed by atoms with Gasteiger partial charge in [-0.25, -0.2) is 0 Å². The Labute approximate surface area is 127 Å². The van der Waals surface area contributed by atoms with Crippen molar-refractivity contribution in [3.05, 3.63) is 0 Å². The number of carbonyl (C=O) groups is 2. The van der Waals surface area contributed by atoms with Crippen molar-refractivity contribution in [3.63, 3.8) is 0 Å². The molecule has 0 aromatic heterocycles. The lowest BCUT2D eigenvalue weighted by molar-refractivity contribution is -0.141. The number of nitrogens with zero attached hydrogens (tertiary/aromatic N) is 1. The lowest BCUT2D eigenvalue weighted by atomic mass is 9.82. The molecule has 120 valence electrons. The van der Waals surface area contributed by atoms with E-state index in [4.69, 9.17) is 4.74 Å². The summed E-state index contributed by atoms with van der Waals surface area (Å²) in [6.07, 6.45) is 3.98. The Kier molecular flexibility index (Phi) is 5.38. The summed E-state index contributed by atoms with van der Waals surface area (Å²) in [4.78, 5) is 26.1. The van der Waals surface area contributed by atoms with Crippen LogP contribution < -0.4 is 5.32 Å². The predicted molar refractivity (Wildman–Crippen MR) is 80.8 cm³/mol. The third-order valence-corrected chi connectivity index (χ3v) is 4.97. The maximum Gasteiger partial charge on any atom is 0.247 e. The molecule has 1 unspecified atom stereocenters. The van der Waals surface area contributed by atoms with Crippen molar-refractivity contribution in [1.82, 2.24) is 10.2 Å². The zero-order chi connectivity index (χ0) is 15.5. The van der Waals surface area contributed by atoms with Crippen molar-refractivity contribution in [2.75, 3.05) is 19.8 Å². The fourth-order valence-corrected chi connectivity index (χ4v) is 3.26. The molecule has 0 radical (unpaired) electrons. The summed E-state index contributed by atoms with van der Waals surface area (Å²) in [5, 5.41) is 3.34. The number of amides is 2. The highest BCUT2D eigenvalue weighted by atomic mass is 16.5. The molecular formula is C16H28N2O3. The van der Waals surface area contributed by atoms with Gasteiger partial charge >= 0.3 is 0 Å². The molecule has 5 heteroatoms. The van der Waals surface area contributed by atoms with Gasteiger partial charge in [0.15, 0.2) is 0 Å². The van der Waals surface area contributed by atoms with Crippen LogP contribution in [0, 0.1) is 5.41 Å². The standard InChI is InChI=1S/C16H28N2O3/c1-4-12(5-2)18-14(19)10-13(15(18)20)17-11-16(3)6-8-21-9-7-16/h12-13,17H,4-11H2,1-3H3. The van der Waals surface area contributed by atoms with Gasteiger partial charge in [-0.15, -0.1) is 0 Å². The number of hydrogen-bond donors (Lipinski definition) is 1. The minimum Gasteiger partial charge on any atom is -0.381 e. The number of rotatable bonds is 6. The average Bonchev–Trinajstić information content (AvgIpc) is 2.75. The van der Waals surface area contributed by atoms with Crippen LogP contribution in [0.1, 0.15) is 52.9 Å². The number of imide groups is 1. The molecule has 2 aliphatic rings. The summed E-state index contributed by atoms with van der Waals surface area (Å²) in [5.74, 6) is -0.0623. The van der Waals surface area contributed by atoms with Crippen molar-refractivity contribution in [2.24, 2.45) is 5.41 Å². The first-order valence-corrected chi connectivity index (χ1v) is 8.18. The Balaban J connectivity index is 1.93. The van der Waals surface area contributed by atoms with Gasteiger partial charge in [0.05, 0.1) is 12.5 Å². The molecule has 2 rings (SSSR count). The quantitative estimate of drug-likeness (QED) is 0.758. The SMILES string of the molecule is CCC(CC)N1C(=O)CC(NCC2(C)CCOCC2)C1=O. The van der Waals surface area contributed by atoms with Gasteiger partial charge < -0.3 is 10.1 Å². The molecule has 2 heterocycles. The number of hydrogen-bond acceptors (Lipinski definition) is 4. The second kappa shape index (κ2) is 6.88. The molecule has 0 aromatic rings. The highest BCUT2D eigenvalue weighted by Crippen LogP contribution is 2.29. The van der Waals surface area contributed by atoms with E-state index in [1.807, 2.05) is 13.8 Å². The Bertz CT molecular complexity index is 387. The lowest BCUT2D eigenvalue weighted by Crippen LogP contribution is -2.46. The van der Waals surface area contributed by atoms with E-state index in [1.54, 1.807) is 0 Å². The maximum atomic E-state index is 12.5. The second-order valence-electron chi connectivity index (χ2n) is 6.63.